The van der Waals surface area contributed by atoms with Crippen LogP contribution in [0, 0.1) is 0 Å². The Kier molecular flexibility index (Phi) is 5.97. The number of aromatic amines is 1. The van der Waals surface area contributed by atoms with Crippen molar-refractivity contribution in [3.8, 4) is 0 Å². The van der Waals surface area contributed by atoms with E-state index < -0.39 is 12.1 Å². The molecule has 2 aromatic rings. The highest BCUT2D eigenvalue weighted by Gasteiger charge is 2.22. The zero-order valence-electron chi connectivity index (χ0n) is 13.4. The SMILES string of the molecule is CCC[C@H](NC(=O)[C@@H](C)OC(=O)c1ccc[nH]1)c1ccccc1. The number of aromatic nitrogens is 1. The van der Waals surface area contributed by atoms with Gasteiger partial charge >= 0.3 is 5.97 Å². The summed E-state index contributed by atoms with van der Waals surface area (Å²) in [6, 6.07) is 13.0. The Morgan fingerprint density at radius 3 is 2.52 bits per heavy atom. The van der Waals surface area contributed by atoms with E-state index in [0.717, 1.165) is 18.4 Å². The molecular formula is C18H22N2O3. The van der Waals surface area contributed by atoms with Crippen LogP contribution in [0.3, 0.4) is 0 Å². The lowest BCUT2D eigenvalue weighted by atomic mass is 10.0. The quantitative estimate of drug-likeness (QED) is 0.771. The maximum absolute atomic E-state index is 12.3. The maximum atomic E-state index is 12.3. The minimum Gasteiger partial charge on any atom is -0.448 e. The summed E-state index contributed by atoms with van der Waals surface area (Å²) in [5.41, 5.74) is 1.38. The third-order valence-electron chi connectivity index (χ3n) is 3.57. The van der Waals surface area contributed by atoms with Crippen LogP contribution >= 0.6 is 0 Å². The van der Waals surface area contributed by atoms with E-state index in [-0.39, 0.29) is 11.9 Å². The molecule has 0 saturated heterocycles. The number of esters is 1. The molecule has 23 heavy (non-hydrogen) atoms. The van der Waals surface area contributed by atoms with Crippen molar-refractivity contribution >= 4 is 11.9 Å². The van der Waals surface area contributed by atoms with E-state index in [9.17, 15) is 9.59 Å². The first-order chi connectivity index (χ1) is 11.1. The van der Waals surface area contributed by atoms with Gasteiger partial charge in [0.15, 0.2) is 6.10 Å². The van der Waals surface area contributed by atoms with E-state index in [0.29, 0.717) is 5.69 Å². The summed E-state index contributed by atoms with van der Waals surface area (Å²) in [6.45, 7) is 3.64. The van der Waals surface area contributed by atoms with E-state index >= 15 is 0 Å². The number of rotatable bonds is 7. The molecule has 0 saturated carbocycles. The number of amides is 1. The fourth-order valence-corrected chi connectivity index (χ4v) is 2.32. The van der Waals surface area contributed by atoms with Gasteiger partial charge in [-0.15, -0.1) is 0 Å². The fourth-order valence-electron chi connectivity index (χ4n) is 2.32. The number of carbonyl (C=O) groups is 2. The van der Waals surface area contributed by atoms with Gasteiger partial charge in [-0.2, -0.15) is 0 Å². The van der Waals surface area contributed by atoms with Gasteiger partial charge in [0.2, 0.25) is 0 Å². The lowest BCUT2D eigenvalue weighted by molar-refractivity contribution is -0.129. The van der Waals surface area contributed by atoms with Gasteiger partial charge in [-0.3, -0.25) is 4.79 Å². The van der Waals surface area contributed by atoms with Gasteiger partial charge in [-0.1, -0.05) is 43.7 Å². The fraction of sp³-hybridized carbons (Fsp3) is 0.333. The summed E-state index contributed by atoms with van der Waals surface area (Å²) >= 11 is 0. The lowest BCUT2D eigenvalue weighted by Gasteiger charge is -2.21. The van der Waals surface area contributed by atoms with Crippen LogP contribution in [0.25, 0.3) is 0 Å². The highest BCUT2D eigenvalue weighted by Crippen LogP contribution is 2.18. The Labute approximate surface area is 136 Å². The van der Waals surface area contributed by atoms with Gasteiger partial charge in [-0.05, 0) is 31.0 Å². The molecule has 1 amide bonds. The molecule has 0 radical (unpaired) electrons. The van der Waals surface area contributed by atoms with Crippen molar-refractivity contribution in [1.29, 1.82) is 0 Å². The molecule has 1 heterocycles. The highest BCUT2D eigenvalue weighted by atomic mass is 16.5. The third-order valence-corrected chi connectivity index (χ3v) is 3.57. The molecule has 5 heteroatoms. The van der Waals surface area contributed by atoms with Gasteiger partial charge in [0.25, 0.3) is 5.91 Å². The third kappa shape index (κ3) is 4.71. The van der Waals surface area contributed by atoms with E-state index in [4.69, 9.17) is 4.74 Å². The molecule has 1 aromatic carbocycles. The molecular weight excluding hydrogens is 292 g/mol. The molecule has 2 atom stereocenters. The number of H-pyrrole nitrogens is 1. The van der Waals surface area contributed by atoms with Gasteiger partial charge in [-0.25, -0.2) is 4.79 Å². The second-order valence-electron chi connectivity index (χ2n) is 5.39. The highest BCUT2D eigenvalue weighted by molar-refractivity contribution is 5.90. The molecule has 2 N–H and O–H groups in total. The summed E-state index contributed by atoms with van der Waals surface area (Å²) in [5.74, 6) is -0.836. The average molecular weight is 314 g/mol. The van der Waals surface area contributed by atoms with Crippen molar-refractivity contribution in [3.05, 3.63) is 59.9 Å². The van der Waals surface area contributed by atoms with Gasteiger partial charge in [0, 0.05) is 6.20 Å². The molecule has 0 spiro atoms. The molecule has 0 fully saturated rings. The second kappa shape index (κ2) is 8.17. The van der Waals surface area contributed by atoms with Crippen LogP contribution in [0.1, 0.15) is 48.8 Å². The zero-order chi connectivity index (χ0) is 16.7. The van der Waals surface area contributed by atoms with Crippen molar-refractivity contribution in [3.63, 3.8) is 0 Å². The molecule has 0 unspecified atom stereocenters. The first kappa shape index (κ1) is 16.8. The first-order valence-corrected chi connectivity index (χ1v) is 7.81. The molecule has 0 aliphatic heterocycles. The standard InChI is InChI=1S/C18H22N2O3/c1-3-8-15(14-9-5-4-6-10-14)20-17(21)13(2)23-18(22)16-11-7-12-19-16/h4-7,9-13,15,19H,3,8H2,1-2H3,(H,20,21)/t13-,15+/m1/s1. The number of hydrogen-bond acceptors (Lipinski definition) is 3. The Bertz CT molecular complexity index is 623. The van der Waals surface area contributed by atoms with Gasteiger partial charge in [0.1, 0.15) is 5.69 Å². The largest absolute Gasteiger partial charge is 0.448 e. The zero-order valence-corrected chi connectivity index (χ0v) is 13.4. The Morgan fingerprint density at radius 2 is 1.91 bits per heavy atom. The van der Waals surface area contributed by atoms with Crippen molar-refractivity contribution in [2.45, 2.75) is 38.8 Å². The Balaban J connectivity index is 1.96. The Hall–Kier alpha value is -2.56. The van der Waals surface area contributed by atoms with Crippen LogP contribution in [0.2, 0.25) is 0 Å². The Morgan fingerprint density at radius 1 is 1.17 bits per heavy atom. The smallest absolute Gasteiger partial charge is 0.355 e. The number of ether oxygens (including phenoxy) is 1. The van der Waals surface area contributed by atoms with E-state index in [1.165, 1.54) is 0 Å². The normalized spacial score (nSPS) is 13.1. The number of carbonyl (C=O) groups excluding carboxylic acids is 2. The minimum absolute atomic E-state index is 0.0830. The van der Waals surface area contributed by atoms with E-state index in [1.807, 2.05) is 30.3 Å². The summed E-state index contributed by atoms with van der Waals surface area (Å²) < 4.78 is 5.19. The summed E-state index contributed by atoms with van der Waals surface area (Å²) in [6.07, 6.45) is 2.55. The van der Waals surface area contributed by atoms with Crippen molar-refractivity contribution in [2.75, 3.05) is 0 Å². The number of benzene rings is 1. The predicted octanol–water partition coefficient (Wildman–Crippen LogP) is 3.22. The van der Waals surface area contributed by atoms with Crippen LogP contribution in [-0.2, 0) is 9.53 Å². The van der Waals surface area contributed by atoms with Crippen molar-refractivity contribution < 1.29 is 14.3 Å². The van der Waals surface area contributed by atoms with E-state index in [2.05, 4.69) is 17.2 Å². The van der Waals surface area contributed by atoms with Crippen LogP contribution < -0.4 is 5.32 Å². The topological polar surface area (TPSA) is 71.2 Å². The second-order valence-corrected chi connectivity index (χ2v) is 5.39. The summed E-state index contributed by atoms with van der Waals surface area (Å²) in [5, 5.41) is 2.96. The van der Waals surface area contributed by atoms with Crippen LogP contribution in [0.15, 0.2) is 48.7 Å². The molecule has 0 aliphatic carbocycles. The molecule has 122 valence electrons. The summed E-state index contributed by atoms with van der Waals surface area (Å²) in [4.78, 5) is 26.9. The monoisotopic (exact) mass is 314 g/mol. The lowest BCUT2D eigenvalue weighted by Crippen LogP contribution is -2.38. The predicted molar refractivity (Wildman–Crippen MR) is 87.9 cm³/mol. The molecule has 0 aliphatic rings. The van der Waals surface area contributed by atoms with Crippen LogP contribution in [0.4, 0.5) is 0 Å². The molecule has 5 nitrogen and oxygen atoms in total. The molecule has 1 aromatic heterocycles. The maximum Gasteiger partial charge on any atom is 0.355 e. The summed E-state index contributed by atoms with van der Waals surface area (Å²) in [7, 11) is 0. The van der Waals surface area contributed by atoms with Crippen LogP contribution in [-0.4, -0.2) is 23.0 Å². The van der Waals surface area contributed by atoms with Crippen LogP contribution in [0.5, 0.6) is 0 Å². The molecule has 0 bridgehead atoms. The van der Waals surface area contributed by atoms with Crippen molar-refractivity contribution in [2.24, 2.45) is 0 Å². The number of nitrogens with one attached hydrogen (secondary N) is 2. The van der Waals surface area contributed by atoms with E-state index in [1.54, 1.807) is 25.3 Å². The van der Waals surface area contributed by atoms with Crippen molar-refractivity contribution in [1.82, 2.24) is 10.3 Å². The van der Waals surface area contributed by atoms with Gasteiger partial charge < -0.3 is 15.0 Å². The average Bonchev–Trinajstić information content (AvgIpc) is 3.09. The van der Waals surface area contributed by atoms with Gasteiger partial charge in [0.05, 0.1) is 6.04 Å². The number of hydrogen-bond donors (Lipinski definition) is 2. The molecule has 2 rings (SSSR count). The first-order valence-electron chi connectivity index (χ1n) is 7.81. The minimum atomic E-state index is -0.853.